The SMILES string of the molecule is COc1ccc(Cl)cc1C(O)C1(CC(C)C)CCCC1. The second-order valence-electron chi connectivity index (χ2n) is 6.46. The van der Waals surface area contributed by atoms with E-state index >= 15 is 0 Å². The number of halogens is 1. The number of aliphatic hydroxyl groups excluding tert-OH is 1. The molecule has 0 aromatic heterocycles. The highest BCUT2D eigenvalue weighted by molar-refractivity contribution is 6.30. The van der Waals surface area contributed by atoms with E-state index in [0.717, 1.165) is 30.6 Å². The van der Waals surface area contributed by atoms with Crippen LogP contribution in [-0.2, 0) is 0 Å². The van der Waals surface area contributed by atoms with Gasteiger partial charge in [0.15, 0.2) is 0 Å². The van der Waals surface area contributed by atoms with E-state index in [4.69, 9.17) is 16.3 Å². The predicted molar refractivity (Wildman–Crippen MR) is 83.3 cm³/mol. The third-order valence-corrected chi connectivity index (χ3v) is 4.72. The Morgan fingerprint density at radius 1 is 1.30 bits per heavy atom. The number of benzene rings is 1. The Kier molecular flexibility index (Phi) is 4.98. The Morgan fingerprint density at radius 3 is 2.50 bits per heavy atom. The van der Waals surface area contributed by atoms with Crippen molar-refractivity contribution in [3.8, 4) is 5.75 Å². The lowest BCUT2D eigenvalue weighted by Gasteiger charge is -2.36. The minimum absolute atomic E-state index is 0.0217. The lowest BCUT2D eigenvalue weighted by molar-refractivity contribution is 0.00964. The summed E-state index contributed by atoms with van der Waals surface area (Å²) in [5.74, 6) is 1.31. The van der Waals surface area contributed by atoms with Gasteiger partial charge in [-0.25, -0.2) is 0 Å². The molecule has 1 unspecified atom stereocenters. The molecule has 3 heteroatoms. The third kappa shape index (κ3) is 3.12. The molecule has 1 saturated carbocycles. The molecule has 2 nitrogen and oxygen atoms in total. The van der Waals surface area contributed by atoms with Gasteiger partial charge in [-0.2, -0.15) is 0 Å². The summed E-state index contributed by atoms with van der Waals surface area (Å²) in [7, 11) is 1.64. The third-order valence-electron chi connectivity index (χ3n) is 4.48. The maximum Gasteiger partial charge on any atom is 0.124 e. The summed E-state index contributed by atoms with van der Waals surface area (Å²) >= 11 is 6.11. The molecule has 0 spiro atoms. The van der Waals surface area contributed by atoms with Crippen LogP contribution in [0.1, 0.15) is 57.6 Å². The molecule has 1 N–H and O–H groups in total. The second-order valence-corrected chi connectivity index (χ2v) is 6.89. The van der Waals surface area contributed by atoms with Crippen molar-refractivity contribution in [1.82, 2.24) is 0 Å². The van der Waals surface area contributed by atoms with Crippen LogP contribution in [0.3, 0.4) is 0 Å². The number of hydrogen-bond acceptors (Lipinski definition) is 2. The molecule has 1 aliphatic rings. The van der Waals surface area contributed by atoms with E-state index in [1.54, 1.807) is 13.2 Å². The minimum Gasteiger partial charge on any atom is -0.496 e. The first-order valence-electron chi connectivity index (χ1n) is 7.50. The summed E-state index contributed by atoms with van der Waals surface area (Å²) < 4.78 is 5.41. The standard InChI is InChI=1S/C17H25ClO2/c1-12(2)11-17(8-4-5-9-17)16(19)14-10-13(18)6-7-15(14)20-3/h6-7,10,12,16,19H,4-5,8-9,11H2,1-3H3. The molecule has 0 saturated heterocycles. The molecule has 0 aliphatic heterocycles. The zero-order valence-electron chi connectivity index (χ0n) is 12.7. The van der Waals surface area contributed by atoms with Crippen LogP contribution in [0.4, 0.5) is 0 Å². The van der Waals surface area contributed by atoms with E-state index in [1.807, 2.05) is 12.1 Å². The van der Waals surface area contributed by atoms with Gasteiger partial charge in [0, 0.05) is 16.0 Å². The van der Waals surface area contributed by atoms with E-state index in [0.29, 0.717) is 10.9 Å². The first kappa shape index (κ1) is 15.7. The molecule has 1 aliphatic carbocycles. The Balaban J connectivity index is 2.36. The summed E-state index contributed by atoms with van der Waals surface area (Å²) in [5.41, 5.74) is 0.814. The first-order valence-corrected chi connectivity index (χ1v) is 7.88. The molecule has 112 valence electrons. The fraction of sp³-hybridized carbons (Fsp3) is 0.647. The van der Waals surface area contributed by atoms with Crippen molar-refractivity contribution in [2.75, 3.05) is 7.11 Å². The van der Waals surface area contributed by atoms with Crippen molar-refractivity contribution in [3.05, 3.63) is 28.8 Å². The Morgan fingerprint density at radius 2 is 1.95 bits per heavy atom. The summed E-state index contributed by atoms with van der Waals surface area (Å²) in [5, 5.41) is 11.7. The quantitative estimate of drug-likeness (QED) is 0.829. The van der Waals surface area contributed by atoms with Gasteiger partial charge in [0.25, 0.3) is 0 Å². The molecule has 0 heterocycles. The molecule has 0 radical (unpaired) electrons. The highest BCUT2D eigenvalue weighted by Crippen LogP contribution is 2.53. The van der Waals surface area contributed by atoms with Crippen molar-refractivity contribution in [3.63, 3.8) is 0 Å². The lowest BCUT2D eigenvalue weighted by Crippen LogP contribution is -2.28. The van der Waals surface area contributed by atoms with Gasteiger partial charge in [0.05, 0.1) is 13.2 Å². The summed E-state index contributed by atoms with van der Waals surface area (Å²) in [6, 6.07) is 5.50. The molecular weight excluding hydrogens is 272 g/mol. The maximum absolute atomic E-state index is 11.0. The smallest absolute Gasteiger partial charge is 0.124 e. The molecule has 2 rings (SSSR count). The molecule has 20 heavy (non-hydrogen) atoms. The fourth-order valence-corrected chi connectivity index (χ4v) is 3.91. The predicted octanol–water partition coefficient (Wildman–Crippen LogP) is 4.99. The van der Waals surface area contributed by atoms with E-state index in [2.05, 4.69) is 13.8 Å². The highest BCUT2D eigenvalue weighted by Gasteiger charge is 2.42. The number of ether oxygens (including phenoxy) is 1. The number of methoxy groups -OCH3 is 1. The monoisotopic (exact) mass is 296 g/mol. The van der Waals surface area contributed by atoms with E-state index in [9.17, 15) is 5.11 Å². The van der Waals surface area contributed by atoms with E-state index in [1.165, 1.54) is 12.8 Å². The van der Waals surface area contributed by atoms with Crippen molar-refractivity contribution in [2.24, 2.45) is 11.3 Å². The fourth-order valence-electron chi connectivity index (χ4n) is 3.73. The topological polar surface area (TPSA) is 29.5 Å². The molecule has 1 atom stereocenters. The average molecular weight is 297 g/mol. The molecule has 0 bridgehead atoms. The maximum atomic E-state index is 11.0. The van der Waals surface area contributed by atoms with Crippen LogP contribution < -0.4 is 4.74 Å². The van der Waals surface area contributed by atoms with Gasteiger partial charge in [0.2, 0.25) is 0 Å². The van der Waals surface area contributed by atoms with Gasteiger partial charge >= 0.3 is 0 Å². The van der Waals surface area contributed by atoms with Gasteiger partial charge in [-0.05, 0) is 43.4 Å². The number of rotatable bonds is 5. The van der Waals surface area contributed by atoms with Gasteiger partial charge in [-0.15, -0.1) is 0 Å². The van der Waals surface area contributed by atoms with Crippen LogP contribution in [-0.4, -0.2) is 12.2 Å². The van der Waals surface area contributed by atoms with Crippen LogP contribution in [0.5, 0.6) is 5.75 Å². The van der Waals surface area contributed by atoms with Gasteiger partial charge in [0.1, 0.15) is 5.75 Å². The van der Waals surface area contributed by atoms with Gasteiger partial charge in [-0.1, -0.05) is 38.3 Å². The number of aliphatic hydroxyl groups is 1. The average Bonchev–Trinajstić information content (AvgIpc) is 2.86. The second kappa shape index (κ2) is 6.36. The molecular formula is C17H25ClO2. The van der Waals surface area contributed by atoms with Gasteiger partial charge in [-0.3, -0.25) is 0 Å². The summed E-state index contributed by atoms with van der Waals surface area (Å²) in [6.45, 7) is 4.45. The van der Waals surface area contributed by atoms with Crippen molar-refractivity contribution >= 4 is 11.6 Å². The lowest BCUT2D eigenvalue weighted by atomic mass is 9.72. The highest BCUT2D eigenvalue weighted by atomic mass is 35.5. The Bertz CT molecular complexity index is 450. The summed E-state index contributed by atoms with van der Waals surface area (Å²) in [4.78, 5) is 0. The molecule has 0 amide bonds. The van der Waals surface area contributed by atoms with Crippen molar-refractivity contribution in [2.45, 2.75) is 52.1 Å². The van der Waals surface area contributed by atoms with Gasteiger partial charge < -0.3 is 9.84 Å². The zero-order chi connectivity index (χ0) is 14.8. The normalized spacial score (nSPS) is 19.3. The Hall–Kier alpha value is -0.730. The van der Waals surface area contributed by atoms with Crippen LogP contribution in [0.2, 0.25) is 5.02 Å². The van der Waals surface area contributed by atoms with Crippen LogP contribution in [0.15, 0.2) is 18.2 Å². The first-order chi connectivity index (χ1) is 9.48. The van der Waals surface area contributed by atoms with E-state index in [-0.39, 0.29) is 5.41 Å². The largest absolute Gasteiger partial charge is 0.496 e. The van der Waals surface area contributed by atoms with Crippen LogP contribution in [0, 0.1) is 11.3 Å². The van der Waals surface area contributed by atoms with Crippen molar-refractivity contribution in [1.29, 1.82) is 0 Å². The number of hydrogen-bond donors (Lipinski definition) is 1. The Labute approximate surface area is 127 Å². The zero-order valence-corrected chi connectivity index (χ0v) is 13.4. The van der Waals surface area contributed by atoms with Crippen LogP contribution in [0.25, 0.3) is 0 Å². The van der Waals surface area contributed by atoms with E-state index < -0.39 is 6.10 Å². The van der Waals surface area contributed by atoms with Crippen molar-refractivity contribution < 1.29 is 9.84 Å². The molecule has 1 aromatic rings. The van der Waals surface area contributed by atoms with Crippen LogP contribution >= 0.6 is 11.6 Å². The minimum atomic E-state index is -0.499. The molecule has 1 aromatic carbocycles. The summed E-state index contributed by atoms with van der Waals surface area (Å²) in [6.07, 6.45) is 5.12. The molecule has 1 fully saturated rings.